The van der Waals surface area contributed by atoms with Gasteiger partial charge in [0.25, 0.3) is 0 Å². The third kappa shape index (κ3) is 5.96. The number of aromatic nitrogens is 1. The Morgan fingerprint density at radius 3 is 2.59 bits per heavy atom. The predicted octanol–water partition coefficient (Wildman–Crippen LogP) is 3.65. The van der Waals surface area contributed by atoms with Crippen molar-refractivity contribution in [1.82, 2.24) is 20.7 Å². The third-order valence-corrected chi connectivity index (χ3v) is 5.87. The minimum Gasteiger partial charge on any atom is -0.359 e. The van der Waals surface area contributed by atoms with Crippen LogP contribution < -0.4 is 10.6 Å². The Morgan fingerprint density at radius 1 is 1.22 bits per heavy atom. The second-order valence-electron chi connectivity index (χ2n) is 8.31. The molecule has 0 unspecified atom stereocenters. The van der Waals surface area contributed by atoms with Crippen LogP contribution >= 0.6 is 0 Å². The van der Waals surface area contributed by atoms with Gasteiger partial charge in [-0.15, -0.1) is 0 Å². The highest BCUT2D eigenvalue weighted by molar-refractivity contribution is 5.80. The number of nitrogens with one attached hydrogen (secondary N) is 2. The van der Waals surface area contributed by atoms with E-state index in [1.807, 2.05) is 6.07 Å². The zero-order chi connectivity index (χ0) is 19.1. The molecule has 2 heterocycles. The lowest BCUT2D eigenvalue weighted by Crippen LogP contribution is -2.50. The van der Waals surface area contributed by atoms with Crippen LogP contribution in [0.25, 0.3) is 0 Å². The topological polar surface area (TPSA) is 65.7 Å². The van der Waals surface area contributed by atoms with E-state index in [0.717, 1.165) is 30.0 Å². The molecular formula is C21H37N5O. The van der Waals surface area contributed by atoms with Crippen molar-refractivity contribution in [2.75, 3.05) is 19.6 Å². The van der Waals surface area contributed by atoms with Crippen LogP contribution in [0, 0.1) is 0 Å². The van der Waals surface area contributed by atoms with Crippen molar-refractivity contribution in [2.45, 2.75) is 90.3 Å². The highest BCUT2D eigenvalue weighted by Crippen LogP contribution is 2.25. The van der Waals surface area contributed by atoms with E-state index in [1.165, 1.54) is 58.0 Å². The summed E-state index contributed by atoms with van der Waals surface area (Å²) in [5, 5.41) is 11.1. The van der Waals surface area contributed by atoms with Crippen LogP contribution in [0.3, 0.4) is 0 Å². The summed E-state index contributed by atoms with van der Waals surface area (Å²) < 4.78 is 5.41. The first kappa shape index (κ1) is 20.2. The van der Waals surface area contributed by atoms with Crippen molar-refractivity contribution in [2.24, 2.45) is 4.99 Å². The minimum absolute atomic E-state index is 0.382. The first-order valence-electron chi connectivity index (χ1n) is 10.9. The summed E-state index contributed by atoms with van der Waals surface area (Å²) in [4.78, 5) is 7.43. The summed E-state index contributed by atoms with van der Waals surface area (Å²) in [6.07, 6.45) is 9.46. The van der Waals surface area contributed by atoms with E-state index in [9.17, 15) is 0 Å². The van der Waals surface area contributed by atoms with Crippen LogP contribution in [0.4, 0.5) is 0 Å². The lowest BCUT2D eigenvalue weighted by Gasteiger charge is -2.39. The summed E-state index contributed by atoms with van der Waals surface area (Å²) >= 11 is 0. The fourth-order valence-electron chi connectivity index (χ4n) is 4.20. The largest absolute Gasteiger partial charge is 0.359 e. The van der Waals surface area contributed by atoms with Crippen molar-refractivity contribution in [3.63, 3.8) is 0 Å². The molecule has 1 aromatic heterocycles. The number of aliphatic imine (C=N–C) groups is 1. The van der Waals surface area contributed by atoms with Gasteiger partial charge in [-0.25, -0.2) is 4.99 Å². The number of nitrogens with zero attached hydrogens (tertiary/aromatic N) is 3. The van der Waals surface area contributed by atoms with E-state index in [1.54, 1.807) is 0 Å². The molecule has 1 aromatic rings. The maximum atomic E-state index is 5.41. The van der Waals surface area contributed by atoms with Crippen molar-refractivity contribution in [3.8, 4) is 0 Å². The Kier molecular flexibility index (Phi) is 7.56. The molecule has 0 amide bonds. The molecule has 6 heteroatoms. The molecule has 1 saturated heterocycles. The second kappa shape index (κ2) is 10.1. The van der Waals surface area contributed by atoms with Gasteiger partial charge in [-0.3, -0.25) is 0 Å². The van der Waals surface area contributed by atoms with Crippen molar-refractivity contribution in [3.05, 3.63) is 17.5 Å². The normalized spacial score (nSPS) is 21.0. The van der Waals surface area contributed by atoms with Gasteiger partial charge in [0.05, 0.1) is 5.69 Å². The van der Waals surface area contributed by atoms with E-state index in [2.05, 4.69) is 41.5 Å². The molecule has 1 aliphatic carbocycles. The average molecular weight is 376 g/mol. The summed E-state index contributed by atoms with van der Waals surface area (Å²) in [6, 6.07) is 3.35. The number of likely N-dealkylation sites (tertiary alicyclic amines) is 1. The van der Waals surface area contributed by atoms with Gasteiger partial charge < -0.3 is 20.1 Å². The van der Waals surface area contributed by atoms with Gasteiger partial charge in [0.2, 0.25) is 0 Å². The summed E-state index contributed by atoms with van der Waals surface area (Å²) in [5.74, 6) is 2.09. The number of hydrogen-bond acceptors (Lipinski definition) is 4. The van der Waals surface area contributed by atoms with Gasteiger partial charge in [0.15, 0.2) is 11.7 Å². The molecule has 152 valence electrons. The molecule has 1 aliphatic heterocycles. The molecule has 0 radical (unpaired) electrons. The maximum absolute atomic E-state index is 5.41. The molecule has 27 heavy (non-hydrogen) atoms. The molecule has 1 saturated carbocycles. The Labute approximate surface area is 164 Å². The van der Waals surface area contributed by atoms with E-state index in [-0.39, 0.29) is 0 Å². The lowest BCUT2D eigenvalue weighted by atomic mass is 9.92. The van der Waals surface area contributed by atoms with E-state index in [0.29, 0.717) is 18.5 Å². The van der Waals surface area contributed by atoms with E-state index in [4.69, 9.17) is 9.52 Å². The van der Waals surface area contributed by atoms with E-state index >= 15 is 0 Å². The van der Waals surface area contributed by atoms with Gasteiger partial charge in [-0.2, -0.15) is 0 Å². The summed E-state index contributed by atoms with van der Waals surface area (Å²) in [7, 11) is 0. The summed E-state index contributed by atoms with van der Waals surface area (Å²) in [5.41, 5.74) is 0.994. The van der Waals surface area contributed by atoms with Gasteiger partial charge in [-0.05, 0) is 38.5 Å². The lowest BCUT2D eigenvalue weighted by molar-refractivity contribution is 0.119. The van der Waals surface area contributed by atoms with Gasteiger partial charge in [0, 0.05) is 37.8 Å². The van der Waals surface area contributed by atoms with Crippen LogP contribution in [0.5, 0.6) is 0 Å². The predicted molar refractivity (Wildman–Crippen MR) is 110 cm³/mol. The van der Waals surface area contributed by atoms with Crippen molar-refractivity contribution < 1.29 is 4.52 Å². The van der Waals surface area contributed by atoms with Gasteiger partial charge in [0.1, 0.15) is 6.54 Å². The van der Waals surface area contributed by atoms with Crippen molar-refractivity contribution >= 4 is 5.96 Å². The second-order valence-corrected chi connectivity index (χ2v) is 8.31. The molecule has 0 spiro atoms. The fraction of sp³-hybridized carbons (Fsp3) is 0.810. The van der Waals surface area contributed by atoms with Crippen LogP contribution in [0.15, 0.2) is 15.6 Å². The number of piperidine rings is 1. The minimum atomic E-state index is 0.382. The molecule has 0 aromatic carbocycles. The van der Waals surface area contributed by atoms with Crippen LogP contribution in [0.1, 0.15) is 83.1 Å². The first-order valence-corrected chi connectivity index (χ1v) is 10.9. The Hall–Kier alpha value is -1.56. The molecule has 2 fully saturated rings. The summed E-state index contributed by atoms with van der Waals surface area (Å²) in [6.45, 7) is 10.2. The quantitative estimate of drug-likeness (QED) is 0.587. The van der Waals surface area contributed by atoms with Crippen LogP contribution in [-0.4, -0.2) is 47.7 Å². The molecule has 0 bridgehead atoms. The van der Waals surface area contributed by atoms with Gasteiger partial charge in [-0.1, -0.05) is 38.3 Å². The molecular weight excluding hydrogens is 338 g/mol. The average Bonchev–Trinajstić information content (AvgIpc) is 3.17. The smallest absolute Gasteiger partial charge is 0.191 e. The SMILES string of the molecule is CCNC(=NCc1cc(C(C)C)no1)NC1CCN(C2CCCCC2)CC1. The van der Waals surface area contributed by atoms with Gasteiger partial charge >= 0.3 is 0 Å². The van der Waals surface area contributed by atoms with Crippen molar-refractivity contribution in [1.29, 1.82) is 0 Å². The maximum Gasteiger partial charge on any atom is 0.191 e. The first-order chi connectivity index (χ1) is 13.2. The zero-order valence-corrected chi connectivity index (χ0v) is 17.3. The fourth-order valence-corrected chi connectivity index (χ4v) is 4.20. The zero-order valence-electron chi connectivity index (χ0n) is 17.3. The highest BCUT2D eigenvalue weighted by Gasteiger charge is 2.26. The highest BCUT2D eigenvalue weighted by atomic mass is 16.5. The Morgan fingerprint density at radius 2 is 1.96 bits per heavy atom. The molecule has 0 atom stereocenters. The number of guanidine groups is 1. The number of rotatable bonds is 6. The molecule has 2 aliphatic rings. The van der Waals surface area contributed by atoms with Crippen LogP contribution in [0.2, 0.25) is 0 Å². The van der Waals surface area contributed by atoms with Crippen LogP contribution in [-0.2, 0) is 6.54 Å². The standard InChI is InChI=1S/C21H37N5O/c1-4-22-21(23-15-19-14-20(16(2)3)25-27-19)24-17-10-12-26(13-11-17)18-8-6-5-7-9-18/h14,16-18H,4-13,15H2,1-3H3,(H2,22,23,24). The molecule has 2 N–H and O–H groups in total. The monoisotopic (exact) mass is 375 g/mol. The molecule has 3 rings (SSSR count). The number of hydrogen-bond donors (Lipinski definition) is 2. The Balaban J connectivity index is 1.48. The Bertz CT molecular complexity index is 583. The van der Waals surface area contributed by atoms with E-state index < -0.39 is 0 Å². The molecule has 6 nitrogen and oxygen atoms in total. The third-order valence-electron chi connectivity index (χ3n) is 5.87.